The molecule has 2 aromatic rings. The Morgan fingerprint density at radius 2 is 2.17 bits per heavy atom. The Labute approximate surface area is 143 Å². The maximum atomic E-state index is 14.2. The lowest BCUT2D eigenvalue weighted by Gasteiger charge is -2.14. The molecule has 1 heterocycles. The standard InChI is InChI=1S/C16H15FN3O3.ClH/c1-3-23-16(22)11-7-20(9-4-5-9)14-8(2)13(17)12(19-18)6-10(14)15(11)21;/h6-7,9H,3-5H2,1-2H3;1H/q+1;/p-1. The van der Waals surface area contributed by atoms with Gasteiger partial charge in [0.1, 0.15) is 5.56 Å². The molecular weight excluding hydrogens is 337 g/mol. The van der Waals surface area contributed by atoms with Crippen LogP contribution < -0.4 is 17.8 Å². The topological polar surface area (TPSA) is 76.5 Å². The second-order valence-corrected chi connectivity index (χ2v) is 5.56. The Balaban J connectivity index is 0.00000208. The number of aromatic nitrogens is 1. The number of carbonyl (C=O) groups is 1. The van der Waals surface area contributed by atoms with E-state index in [-0.39, 0.29) is 47.3 Å². The molecule has 0 saturated heterocycles. The van der Waals surface area contributed by atoms with Crippen molar-refractivity contribution in [2.24, 2.45) is 0 Å². The highest BCUT2D eigenvalue weighted by molar-refractivity contribution is 5.95. The molecular formula is C16H15ClFN3O3. The van der Waals surface area contributed by atoms with E-state index < -0.39 is 17.2 Å². The van der Waals surface area contributed by atoms with Crippen LogP contribution in [0, 0.1) is 18.1 Å². The SMILES string of the molecule is CCOC(=O)c1cn(C2CC2)c2c(C)c(F)c([N+]#N)cc2c1=O.[Cl-]. The van der Waals surface area contributed by atoms with E-state index in [1.54, 1.807) is 11.5 Å². The Bertz CT molecular complexity index is 929. The average Bonchev–Trinajstić information content (AvgIpc) is 3.36. The molecule has 1 fully saturated rings. The van der Waals surface area contributed by atoms with Crippen LogP contribution >= 0.6 is 0 Å². The number of carbonyl (C=O) groups excluding carboxylic acids is 1. The smallest absolute Gasteiger partial charge is 0.421 e. The third-order valence-electron chi connectivity index (χ3n) is 4.00. The van der Waals surface area contributed by atoms with Gasteiger partial charge in [0.2, 0.25) is 16.6 Å². The lowest BCUT2D eigenvalue weighted by molar-refractivity contribution is -0.0000237. The minimum Gasteiger partial charge on any atom is -1.00 e. The van der Waals surface area contributed by atoms with E-state index in [4.69, 9.17) is 10.1 Å². The van der Waals surface area contributed by atoms with E-state index in [0.29, 0.717) is 5.52 Å². The molecule has 8 heteroatoms. The summed E-state index contributed by atoms with van der Waals surface area (Å²) < 4.78 is 20.9. The number of esters is 1. The Morgan fingerprint density at radius 1 is 1.50 bits per heavy atom. The summed E-state index contributed by atoms with van der Waals surface area (Å²) >= 11 is 0. The first kappa shape index (κ1) is 17.9. The third kappa shape index (κ3) is 2.74. The van der Waals surface area contributed by atoms with Crippen LogP contribution in [0.15, 0.2) is 17.1 Å². The van der Waals surface area contributed by atoms with Crippen molar-refractivity contribution >= 4 is 22.6 Å². The summed E-state index contributed by atoms with van der Waals surface area (Å²) in [7, 11) is 0. The minimum atomic E-state index is -0.710. The first-order valence-electron chi connectivity index (χ1n) is 7.39. The molecule has 1 saturated carbocycles. The van der Waals surface area contributed by atoms with Gasteiger partial charge in [-0.15, -0.1) is 0 Å². The Morgan fingerprint density at radius 3 is 2.71 bits per heavy atom. The summed E-state index contributed by atoms with van der Waals surface area (Å²) in [5.74, 6) is -1.39. The van der Waals surface area contributed by atoms with Crippen LogP contribution in [0.25, 0.3) is 15.9 Å². The van der Waals surface area contributed by atoms with Gasteiger partial charge < -0.3 is 21.7 Å². The largest absolute Gasteiger partial charge is 1.00 e. The normalized spacial score (nSPS) is 13.2. The highest BCUT2D eigenvalue weighted by atomic mass is 35.5. The fourth-order valence-corrected chi connectivity index (χ4v) is 2.75. The molecule has 126 valence electrons. The number of benzene rings is 1. The van der Waals surface area contributed by atoms with E-state index in [9.17, 15) is 14.0 Å². The van der Waals surface area contributed by atoms with Gasteiger partial charge in [-0.2, -0.15) is 4.39 Å². The molecule has 24 heavy (non-hydrogen) atoms. The highest BCUT2D eigenvalue weighted by Crippen LogP contribution is 2.39. The van der Waals surface area contributed by atoms with Gasteiger partial charge in [-0.05, 0) is 26.7 Å². The molecule has 0 aliphatic heterocycles. The summed E-state index contributed by atoms with van der Waals surface area (Å²) in [6, 6.07) is 1.29. The van der Waals surface area contributed by atoms with Crippen LogP contribution in [0.3, 0.4) is 0 Å². The molecule has 0 spiro atoms. The zero-order valence-electron chi connectivity index (χ0n) is 13.2. The summed E-state index contributed by atoms with van der Waals surface area (Å²) in [5.41, 5.74) is -0.329. The van der Waals surface area contributed by atoms with Crippen LogP contribution in [0.5, 0.6) is 0 Å². The van der Waals surface area contributed by atoms with Gasteiger partial charge in [0, 0.05) is 17.8 Å². The van der Waals surface area contributed by atoms with Crippen molar-refractivity contribution in [2.45, 2.75) is 32.7 Å². The van der Waals surface area contributed by atoms with Gasteiger partial charge in [0.25, 0.3) is 0 Å². The molecule has 6 nitrogen and oxygen atoms in total. The number of fused-ring (bicyclic) bond motifs is 1. The number of halogens is 2. The maximum absolute atomic E-state index is 14.2. The third-order valence-corrected chi connectivity index (χ3v) is 4.00. The van der Waals surface area contributed by atoms with Crippen molar-refractivity contribution in [1.82, 2.24) is 4.57 Å². The molecule has 1 aliphatic carbocycles. The van der Waals surface area contributed by atoms with Gasteiger partial charge in [-0.1, -0.05) is 0 Å². The number of nitrogens with zero attached hydrogens (tertiary/aromatic N) is 3. The van der Waals surface area contributed by atoms with E-state index in [1.807, 2.05) is 0 Å². The molecule has 0 bridgehead atoms. The zero-order valence-corrected chi connectivity index (χ0v) is 13.9. The number of hydrogen-bond donors (Lipinski definition) is 0. The zero-order chi connectivity index (χ0) is 16.7. The fraction of sp³-hybridized carbons (Fsp3) is 0.375. The minimum absolute atomic E-state index is 0. The van der Waals surface area contributed by atoms with Gasteiger partial charge >= 0.3 is 11.7 Å². The molecule has 0 atom stereocenters. The van der Waals surface area contributed by atoms with Crippen molar-refractivity contribution in [3.63, 3.8) is 0 Å². The first-order valence-corrected chi connectivity index (χ1v) is 7.39. The van der Waals surface area contributed by atoms with E-state index in [1.165, 1.54) is 19.2 Å². The molecule has 1 aromatic heterocycles. The lowest BCUT2D eigenvalue weighted by Crippen LogP contribution is -3.00. The van der Waals surface area contributed by atoms with Crippen molar-refractivity contribution < 1.29 is 26.3 Å². The fourth-order valence-electron chi connectivity index (χ4n) is 2.75. The molecule has 0 radical (unpaired) electrons. The van der Waals surface area contributed by atoms with Crippen LogP contribution in [-0.4, -0.2) is 17.1 Å². The maximum Gasteiger partial charge on any atom is 0.421 e. The highest BCUT2D eigenvalue weighted by Gasteiger charge is 2.30. The van der Waals surface area contributed by atoms with Crippen molar-refractivity contribution in [2.75, 3.05) is 6.61 Å². The van der Waals surface area contributed by atoms with Crippen LogP contribution in [-0.2, 0) is 4.74 Å². The van der Waals surface area contributed by atoms with Crippen LogP contribution in [0.1, 0.15) is 41.7 Å². The number of aryl methyl sites for hydroxylation is 1. The first-order chi connectivity index (χ1) is 11.0. The Kier molecular flexibility index (Phi) is 4.90. The van der Waals surface area contributed by atoms with Gasteiger partial charge in [-0.3, -0.25) is 4.79 Å². The predicted molar refractivity (Wildman–Crippen MR) is 81.9 cm³/mol. The average molecular weight is 352 g/mol. The number of hydrogen-bond acceptors (Lipinski definition) is 4. The molecule has 1 aromatic carbocycles. The Hall–Kier alpha value is -2.46. The molecule has 0 unspecified atom stereocenters. The second kappa shape index (κ2) is 6.57. The number of rotatable bonds is 3. The van der Waals surface area contributed by atoms with Gasteiger partial charge in [-0.25, -0.2) is 4.79 Å². The summed E-state index contributed by atoms with van der Waals surface area (Å²) in [5, 5.41) is 9.08. The predicted octanol–water partition coefficient (Wildman–Crippen LogP) is 0.449. The van der Waals surface area contributed by atoms with E-state index in [0.717, 1.165) is 12.8 Å². The van der Waals surface area contributed by atoms with E-state index in [2.05, 4.69) is 4.98 Å². The number of pyridine rings is 1. The monoisotopic (exact) mass is 351 g/mol. The van der Waals surface area contributed by atoms with Crippen molar-refractivity contribution in [3.05, 3.63) is 44.4 Å². The van der Waals surface area contributed by atoms with Crippen molar-refractivity contribution in [3.8, 4) is 0 Å². The number of diazo groups is 1. The number of ether oxygens (including phenoxy) is 1. The van der Waals surface area contributed by atoms with Crippen LogP contribution in [0.2, 0.25) is 0 Å². The lowest BCUT2D eigenvalue weighted by atomic mass is 10.1. The summed E-state index contributed by atoms with van der Waals surface area (Å²) in [6.45, 7) is 3.33. The van der Waals surface area contributed by atoms with Crippen molar-refractivity contribution in [1.29, 1.82) is 5.39 Å². The van der Waals surface area contributed by atoms with Gasteiger partial charge in [0.15, 0.2) is 4.98 Å². The second-order valence-electron chi connectivity index (χ2n) is 5.56. The molecule has 1 aliphatic rings. The molecule has 0 N–H and O–H groups in total. The summed E-state index contributed by atoms with van der Waals surface area (Å²) in [6.07, 6.45) is 3.24. The summed E-state index contributed by atoms with van der Waals surface area (Å²) in [4.78, 5) is 27.5. The molecule has 3 rings (SSSR count). The van der Waals surface area contributed by atoms with Crippen LogP contribution in [0.4, 0.5) is 10.1 Å². The quantitative estimate of drug-likeness (QED) is 0.594. The van der Waals surface area contributed by atoms with Gasteiger partial charge in [0.05, 0.1) is 23.6 Å². The molecule has 0 amide bonds. The van der Waals surface area contributed by atoms with E-state index >= 15 is 0 Å².